The molecule has 0 amide bonds. The monoisotopic (exact) mass is 487 g/mol. The second-order valence-corrected chi connectivity index (χ2v) is 8.17. The van der Waals surface area contributed by atoms with E-state index in [4.69, 9.17) is 18.9 Å². The standard InChI is InChI=1S/C22H18BrNO7/c1-22(2)30-20(26)15(21(27)31-22)11-24-16-10-18-17(28-7-8-29-18)9-14(16)19(25)12-3-5-13(23)6-4-12/h3-6,9-11,24H,7-8H2,1-2H3. The number of cyclic esters (lactones) is 2. The Morgan fingerprint density at radius 2 is 1.58 bits per heavy atom. The molecule has 0 atom stereocenters. The Morgan fingerprint density at radius 1 is 1.00 bits per heavy atom. The summed E-state index contributed by atoms with van der Waals surface area (Å²) in [6.07, 6.45) is 1.16. The maximum Gasteiger partial charge on any atom is 0.350 e. The van der Waals surface area contributed by atoms with Crippen molar-refractivity contribution in [3.8, 4) is 11.5 Å². The van der Waals surface area contributed by atoms with Crippen molar-refractivity contribution in [1.82, 2.24) is 0 Å². The van der Waals surface area contributed by atoms with Crippen molar-refractivity contribution in [2.45, 2.75) is 19.6 Å². The number of fused-ring (bicyclic) bond motifs is 1. The first kappa shape index (κ1) is 20.9. The Labute approximate surface area is 186 Å². The smallest absolute Gasteiger partial charge is 0.350 e. The molecule has 0 saturated carbocycles. The number of hydrogen-bond donors (Lipinski definition) is 1. The number of carbonyl (C=O) groups is 3. The zero-order chi connectivity index (χ0) is 22.2. The minimum atomic E-state index is -1.34. The number of ether oxygens (including phenoxy) is 4. The van der Waals surface area contributed by atoms with Crippen molar-refractivity contribution < 1.29 is 33.3 Å². The van der Waals surface area contributed by atoms with Gasteiger partial charge in [0.25, 0.3) is 5.79 Å². The number of hydrogen-bond acceptors (Lipinski definition) is 8. The number of benzene rings is 2. The molecule has 0 aromatic heterocycles. The molecule has 2 heterocycles. The van der Waals surface area contributed by atoms with Gasteiger partial charge < -0.3 is 24.3 Å². The van der Waals surface area contributed by atoms with E-state index in [0.29, 0.717) is 36.0 Å². The third-order valence-electron chi connectivity index (χ3n) is 4.52. The summed E-state index contributed by atoms with van der Waals surface area (Å²) >= 11 is 3.35. The van der Waals surface area contributed by atoms with E-state index in [1.807, 2.05) is 0 Å². The van der Waals surface area contributed by atoms with Gasteiger partial charge in [0.2, 0.25) is 0 Å². The van der Waals surface area contributed by atoms with E-state index in [1.54, 1.807) is 36.4 Å². The number of rotatable bonds is 4. The Hall–Kier alpha value is -3.33. The fourth-order valence-electron chi connectivity index (χ4n) is 3.08. The fraction of sp³-hybridized carbons (Fsp3) is 0.227. The lowest BCUT2D eigenvalue weighted by atomic mass is 10.0. The molecule has 2 aliphatic rings. The average Bonchev–Trinajstić information content (AvgIpc) is 2.71. The molecule has 1 N–H and O–H groups in total. The van der Waals surface area contributed by atoms with Crippen LogP contribution in [0.15, 0.2) is 52.6 Å². The summed E-state index contributed by atoms with van der Waals surface area (Å²) in [5.41, 5.74) is 0.737. The van der Waals surface area contributed by atoms with Crippen molar-refractivity contribution in [2.24, 2.45) is 0 Å². The van der Waals surface area contributed by atoms with Gasteiger partial charge in [-0.15, -0.1) is 0 Å². The lowest BCUT2D eigenvalue weighted by Crippen LogP contribution is -2.42. The third-order valence-corrected chi connectivity index (χ3v) is 5.05. The maximum absolute atomic E-state index is 13.2. The summed E-state index contributed by atoms with van der Waals surface area (Å²) in [5.74, 6) is -2.40. The highest BCUT2D eigenvalue weighted by molar-refractivity contribution is 9.10. The second kappa shape index (κ2) is 8.07. The van der Waals surface area contributed by atoms with Crippen molar-refractivity contribution in [1.29, 1.82) is 0 Å². The van der Waals surface area contributed by atoms with Gasteiger partial charge in [-0.1, -0.05) is 15.9 Å². The van der Waals surface area contributed by atoms with Crippen molar-refractivity contribution >= 4 is 39.3 Å². The predicted molar refractivity (Wildman–Crippen MR) is 113 cm³/mol. The van der Waals surface area contributed by atoms with Crippen LogP contribution in [0.5, 0.6) is 11.5 Å². The highest BCUT2D eigenvalue weighted by Gasteiger charge is 2.39. The zero-order valence-electron chi connectivity index (χ0n) is 16.7. The molecule has 31 heavy (non-hydrogen) atoms. The van der Waals surface area contributed by atoms with Gasteiger partial charge in [0.1, 0.15) is 13.2 Å². The first-order valence-corrected chi connectivity index (χ1v) is 10.2. The number of ketones is 1. The quantitative estimate of drug-likeness (QED) is 0.302. The second-order valence-electron chi connectivity index (χ2n) is 7.26. The molecule has 160 valence electrons. The Morgan fingerprint density at radius 3 is 2.19 bits per heavy atom. The lowest BCUT2D eigenvalue weighted by molar-refractivity contribution is -0.222. The molecule has 2 aromatic rings. The topological polar surface area (TPSA) is 100 Å². The van der Waals surface area contributed by atoms with Gasteiger partial charge in [0, 0.05) is 41.7 Å². The van der Waals surface area contributed by atoms with Crippen molar-refractivity contribution in [2.75, 3.05) is 18.5 Å². The summed E-state index contributed by atoms with van der Waals surface area (Å²) < 4.78 is 22.2. The van der Waals surface area contributed by atoms with E-state index in [9.17, 15) is 14.4 Å². The number of nitrogens with one attached hydrogen (secondary N) is 1. The van der Waals surface area contributed by atoms with Crippen LogP contribution < -0.4 is 14.8 Å². The van der Waals surface area contributed by atoms with E-state index in [0.717, 1.165) is 10.7 Å². The van der Waals surface area contributed by atoms with Crippen LogP contribution in [-0.2, 0) is 19.1 Å². The third kappa shape index (κ3) is 4.41. The summed E-state index contributed by atoms with van der Waals surface area (Å²) in [7, 11) is 0. The largest absolute Gasteiger partial charge is 0.486 e. The number of halogens is 1. The predicted octanol–water partition coefficient (Wildman–Crippen LogP) is 3.58. The molecule has 0 bridgehead atoms. The minimum Gasteiger partial charge on any atom is -0.486 e. The van der Waals surface area contributed by atoms with Gasteiger partial charge in [-0.25, -0.2) is 9.59 Å². The van der Waals surface area contributed by atoms with Gasteiger partial charge in [-0.05, 0) is 30.3 Å². The fourth-order valence-corrected chi connectivity index (χ4v) is 3.35. The molecule has 2 aromatic carbocycles. The molecule has 1 fully saturated rings. The molecular formula is C22H18BrNO7. The van der Waals surface area contributed by atoms with E-state index in [-0.39, 0.29) is 16.9 Å². The molecule has 9 heteroatoms. The van der Waals surface area contributed by atoms with Crippen LogP contribution in [0.1, 0.15) is 29.8 Å². The van der Waals surface area contributed by atoms with Gasteiger partial charge in [-0.3, -0.25) is 4.79 Å². The summed E-state index contributed by atoms with van der Waals surface area (Å²) in [6.45, 7) is 3.65. The maximum atomic E-state index is 13.2. The van der Waals surface area contributed by atoms with Gasteiger partial charge in [-0.2, -0.15) is 0 Å². The number of carbonyl (C=O) groups excluding carboxylic acids is 3. The zero-order valence-corrected chi connectivity index (χ0v) is 18.3. The summed E-state index contributed by atoms with van der Waals surface area (Å²) in [5, 5.41) is 2.85. The molecule has 0 aliphatic carbocycles. The van der Waals surface area contributed by atoms with Gasteiger partial charge in [0.15, 0.2) is 22.9 Å². The number of esters is 2. The molecular weight excluding hydrogens is 470 g/mol. The normalized spacial score (nSPS) is 16.8. The van der Waals surface area contributed by atoms with Crippen LogP contribution in [0, 0.1) is 0 Å². The molecule has 8 nitrogen and oxygen atoms in total. The Kier molecular flexibility index (Phi) is 5.45. The van der Waals surface area contributed by atoms with Crippen LogP contribution in [0.2, 0.25) is 0 Å². The van der Waals surface area contributed by atoms with Crippen molar-refractivity contribution in [3.63, 3.8) is 0 Å². The van der Waals surface area contributed by atoms with Gasteiger partial charge >= 0.3 is 11.9 Å². The molecule has 0 spiro atoms. The summed E-state index contributed by atoms with van der Waals surface area (Å²) in [6, 6.07) is 10.0. The van der Waals surface area contributed by atoms with E-state index < -0.39 is 17.7 Å². The molecule has 2 aliphatic heterocycles. The minimum absolute atomic E-state index is 0.277. The molecule has 4 rings (SSSR count). The highest BCUT2D eigenvalue weighted by Crippen LogP contribution is 2.37. The average molecular weight is 488 g/mol. The lowest BCUT2D eigenvalue weighted by Gasteiger charge is -2.29. The first-order valence-electron chi connectivity index (χ1n) is 9.41. The molecule has 0 radical (unpaired) electrons. The number of anilines is 1. The Bertz CT molecular complexity index is 1080. The van der Waals surface area contributed by atoms with Crippen LogP contribution in [0.25, 0.3) is 0 Å². The van der Waals surface area contributed by atoms with Crippen LogP contribution in [0.4, 0.5) is 5.69 Å². The van der Waals surface area contributed by atoms with E-state index in [2.05, 4.69) is 21.2 Å². The highest BCUT2D eigenvalue weighted by atomic mass is 79.9. The first-order chi connectivity index (χ1) is 14.7. The van der Waals surface area contributed by atoms with Crippen LogP contribution in [0.3, 0.4) is 0 Å². The van der Waals surface area contributed by atoms with E-state index in [1.165, 1.54) is 13.8 Å². The van der Waals surface area contributed by atoms with E-state index >= 15 is 0 Å². The van der Waals surface area contributed by atoms with Crippen LogP contribution >= 0.6 is 15.9 Å². The summed E-state index contributed by atoms with van der Waals surface area (Å²) in [4.78, 5) is 37.6. The Balaban J connectivity index is 1.71. The molecule has 0 unspecified atom stereocenters. The molecule has 1 saturated heterocycles. The van der Waals surface area contributed by atoms with Crippen molar-refractivity contribution in [3.05, 3.63) is 63.8 Å². The SMILES string of the molecule is CC1(C)OC(=O)C(=CNc2cc3c(cc2C(=O)c2ccc(Br)cc2)OCCO3)C(=O)O1. The van der Waals surface area contributed by atoms with Gasteiger partial charge in [0.05, 0.1) is 5.69 Å². The van der Waals surface area contributed by atoms with Crippen LogP contribution in [-0.4, -0.2) is 36.7 Å².